The number of aryl methyl sites for hydroxylation is 2. The standard InChI is InChI=1S/C17H21N3O3/c1-5-10(2)18-16(21)9-23-17(22)13-6-7-14-15(8-13)20-12(4)11(3)19-14/h6-8,10H,5,9H2,1-4H3,(H,18,21)/t10-/m1/s1. The monoisotopic (exact) mass is 315 g/mol. The molecule has 0 saturated heterocycles. The number of hydrogen-bond donors (Lipinski definition) is 1. The molecule has 0 radical (unpaired) electrons. The summed E-state index contributed by atoms with van der Waals surface area (Å²) in [7, 11) is 0. The minimum atomic E-state index is -0.550. The number of hydrogen-bond acceptors (Lipinski definition) is 5. The lowest BCUT2D eigenvalue weighted by Gasteiger charge is -2.11. The normalized spacial score (nSPS) is 12.0. The maximum Gasteiger partial charge on any atom is 0.338 e. The highest BCUT2D eigenvalue weighted by Gasteiger charge is 2.13. The van der Waals surface area contributed by atoms with Gasteiger partial charge in [0.2, 0.25) is 0 Å². The van der Waals surface area contributed by atoms with E-state index >= 15 is 0 Å². The van der Waals surface area contributed by atoms with Gasteiger partial charge in [-0.1, -0.05) is 6.92 Å². The Balaban J connectivity index is 2.06. The highest BCUT2D eigenvalue weighted by molar-refractivity contribution is 5.94. The van der Waals surface area contributed by atoms with Crippen molar-refractivity contribution in [1.82, 2.24) is 15.3 Å². The Kier molecular flexibility index (Phi) is 5.26. The molecule has 6 heteroatoms. The molecule has 1 heterocycles. The molecular weight excluding hydrogens is 294 g/mol. The van der Waals surface area contributed by atoms with Gasteiger partial charge < -0.3 is 10.1 Å². The summed E-state index contributed by atoms with van der Waals surface area (Å²) in [4.78, 5) is 32.5. The van der Waals surface area contributed by atoms with Gasteiger partial charge in [-0.25, -0.2) is 14.8 Å². The molecule has 0 aliphatic heterocycles. The minimum Gasteiger partial charge on any atom is -0.452 e. The lowest BCUT2D eigenvalue weighted by molar-refractivity contribution is -0.124. The molecule has 0 unspecified atom stereocenters. The Hall–Kier alpha value is -2.50. The second-order valence-electron chi connectivity index (χ2n) is 5.55. The molecule has 0 aliphatic carbocycles. The molecule has 2 rings (SSSR count). The molecule has 23 heavy (non-hydrogen) atoms. The Morgan fingerprint density at radius 2 is 1.83 bits per heavy atom. The van der Waals surface area contributed by atoms with E-state index in [-0.39, 0.29) is 18.6 Å². The smallest absolute Gasteiger partial charge is 0.338 e. The summed E-state index contributed by atoms with van der Waals surface area (Å²) < 4.78 is 5.04. The fourth-order valence-corrected chi connectivity index (χ4v) is 1.99. The van der Waals surface area contributed by atoms with E-state index in [0.717, 1.165) is 23.3 Å². The molecular formula is C17H21N3O3. The number of carbonyl (C=O) groups excluding carboxylic acids is 2. The molecule has 1 amide bonds. The number of rotatable bonds is 5. The number of esters is 1. The molecule has 1 aromatic carbocycles. The van der Waals surface area contributed by atoms with Crippen LogP contribution in [-0.2, 0) is 9.53 Å². The lowest BCUT2D eigenvalue weighted by Crippen LogP contribution is -2.35. The summed E-state index contributed by atoms with van der Waals surface area (Å²) in [6, 6.07) is 5.04. The molecule has 0 bridgehead atoms. The topological polar surface area (TPSA) is 81.2 Å². The van der Waals surface area contributed by atoms with Gasteiger partial charge in [-0.3, -0.25) is 4.79 Å². The number of fused-ring (bicyclic) bond motifs is 1. The van der Waals surface area contributed by atoms with Gasteiger partial charge in [0.05, 0.1) is 28.0 Å². The molecule has 0 fully saturated rings. The van der Waals surface area contributed by atoms with Crippen molar-refractivity contribution in [3.63, 3.8) is 0 Å². The fourth-order valence-electron chi connectivity index (χ4n) is 1.99. The van der Waals surface area contributed by atoms with Crippen LogP contribution in [0, 0.1) is 13.8 Å². The predicted molar refractivity (Wildman–Crippen MR) is 87.2 cm³/mol. The molecule has 1 atom stereocenters. The second-order valence-corrected chi connectivity index (χ2v) is 5.55. The molecule has 0 saturated carbocycles. The number of amides is 1. The predicted octanol–water partition coefficient (Wildman–Crippen LogP) is 2.32. The summed E-state index contributed by atoms with van der Waals surface area (Å²) in [6.45, 7) is 7.33. The zero-order valence-corrected chi connectivity index (χ0v) is 13.8. The average molecular weight is 315 g/mol. The summed E-state index contributed by atoms with van der Waals surface area (Å²) in [5, 5.41) is 2.74. The van der Waals surface area contributed by atoms with Gasteiger partial charge >= 0.3 is 5.97 Å². The van der Waals surface area contributed by atoms with Crippen LogP contribution in [0.1, 0.15) is 42.0 Å². The maximum absolute atomic E-state index is 12.0. The third-order valence-corrected chi connectivity index (χ3v) is 3.67. The highest BCUT2D eigenvalue weighted by atomic mass is 16.5. The maximum atomic E-state index is 12.0. The van der Waals surface area contributed by atoms with Crippen LogP contribution >= 0.6 is 0 Å². The second kappa shape index (κ2) is 7.17. The summed E-state index contributed by atoms with van der Waals surface area (Å²) in [5.74, 6) is -0.856. The zero-order valence-electron chi connectivity index (χ0n) is 13.8. The van der Waals surface area contributed by atoms with Crippen molar-refractivity contribution in [3.8, 4) is 0 Å². The van der Waals surface area contributed by atoms with Crippen molar-refractivity contribution in [3.05, 3.63) is 35.2 Å². The van der Waals surface area contributed by atoms with E-state index in [1.165, 1.54) is 0 Å². The Morgan fingerprint density at radius 3 is 2.48 bits per heavy atom. The molecule has 6 nitrogen and oxygen atoms in total. The number of carbonyl (C=O) groups is 2. The van der Waals surface area contributed by atoms with Crippen LogP contribution in [0.5, 0.6) is 0 Å². The molecule has 0 aliphatic rings. The minimum absolute atomic E-state index is 0.0587. The number of aromatic nitrogens is 2. The van der Waals surface area contributed by atoms with Crippen LogP contribution in [0.15, 0.2) is 18.2 Å². The van der Waals surface area contributed by atoms with E-state index in [0.29, 0.717) is 11.1 Å². The Bertz CT molecular complexity index is 743. The van der Waals surface area contributed by atoms with Crippen molar-refractivity contribution in [2.45, 2.75) is 40.2 Å². The first kappa shape index (κ1) is 16.9. The largest absolute Gasteiger partial charge is 0.452 e. The summed E-state index contributed by atoms with van der Waals surface area (Å²) in [5.41, 5.74) is 3.38. The van der Waals surface area contributed by atoms with Crippen LogP contribution in [0.4, 0.5) is 0 Å². The quantitative estimate of drug-likeness (QED) is 0.856. The first-order chi connectivity index (χ1) is 10.9. The third kappa shape index (κ3) is 4.25. The van der Waals surface area contributed by atoms with E-state index < -0.39 is 5.97 Å². The summed E-state index contributed by atoms with van der Waals surface area (Å²) >= 11 is 0. The van der Waals surface area contributed by atoms with Gasteiger partial charge in [-0.2, -0.15) is 0 Å². The molecule has 2 aromatic rings. The lowest BCUT2D eigenvalue weighted by atomic mass is 10.2. The first-order valence-corrected chi connectivity index (χ1v) is 7.62. The fraction of sp³-hybridized carbons (Fsp3) is 0.412. The number of benzene rings is 1. The SMILES string of the molecule is CC[C@@H](C)NC(=O)COC(=O)c1ccc2nc(C)c(C)nc2c1. The first-order valence-electron chi connectivity index (χ1n) is 7.62. The highest BCUT2D eigenvalue weighted by Crippen LogP contribution is 2.15. The van der Waals surface area contributed by atoms with Crippen molar-refractivity contribution >= 4 is 22.9 Å². The third-order valence-electron chi connectivity index (χ3n) is 3.67. The molecule has 1 N–H and O–H groups in total. The molecule has 0 spiro atoms. The van der Waals surface area contributed by atoms with E-state index in [1.54, 1.807) is 18.2 Å². The molecule has 1 aromatic heterocycles. The van der Waals surface area contributed by atoms with Crippen LogP contribution < -0.4 is 5.32 Å². The van der Waals surface area contributed by atoms with E-state index in [9.17, 15) is 9.59 Å². The van der Waals surface area contributed by atoms with E-state index in [1.807, 2.05) is 27.7 Å². The van der Waals surface area contributed by atoms with Crippen molar-refractivity contribution < 1.29 is 14.3 Å². The average Bonchev–Trinajstić information content (AvgIpc) is 2.53. The van der Waals surface area contributed by atoms with Crippen LogP contribution in [0.2, 0.25) is 0 Å². The van der Waals surface area contributed by atoms with Gasteiger partial charge in [0.15, 0.2) is 6.61 Å². The Morgan fingerprint density at radius 1 is 1.17 bits per heavy atom. The molecule has 122 valence electrons. The summed E-state index contributed by atoms with van der Waals surface area (Å²) in [6.07, 6.45) is 0.821. The van der Waals surface area contributed by atoms with Gasteiger partial charge in [-0.05, 0) is 45.4 Å². The van der Waals surface area contributed by atoms with Gasteiger partial charge in [0.25, 0.3) is 5.91 Å². The Labute approximate surface area is 135 Å². The van der Waals surface area contributed by atoms with Crippen molar-refractivity contribution in [2.24, 2.45) is 0 Å². The number of ether oxygens (including phenoxy) is 1. The number of nitrogens with zero attached hydrogens (tertiary/aromatic N) is 2. The van der Waals surface area contributed by atoms with Crippen molar-refractivity contribution in [1.29, 1.82) is 0 Å². The van der Waals surface area contributed by atoms with Gasteiger partial charge in [0.1, 0.15) is 0 Å². The van der Waals surface area contributed by atoms with E-state index in [4.69, 9.17) is 4.74 Å². The van der Waals surface area contributed by atoms with E-state index in [2.05, 4.69) is 15.3 Å². The van der Waals surface area contributed by atoms with Crippen LogP contribution in [-0.4, -0.2) is 34.5 Å². The number of nitrogens with one attached hydrogen (secondary N) is 1. The van der Waals surface area contributed by atoms with Gasteiger partial charge in [-0.15, -0.1) is 0 Å². The van der Waals surface area contributed by atoms with Crippen LogP contribution in [0.3, 0.4) is 0 Å². The van der Waals surface area contributed by atoms with Crippen molar-refractivity contribution in [2.75, 3.05) is 6.61 Å². The zero-order chi connectivity index (χ0) is 17.0. The van der Waals surface area contributed by atoms with Crippen LogP contribution in [0.25, 0.3) is 11.0 Å². The van der Waals surface area contributed by atoms with Gasteiger partial charge in [0, 0.05) is 6.04 Å².